The molecule has 10 heteroatoms. The van der Waals surface area contributed by atoms with E-state index >= 15 is 0 Å². The average Bonchev–Trinajstić information content (AvgIpc) is 2.85. The number of benzene rings is 2. The molecule has 1 aromatic heterocycles. The highest BCUT2D eigenvalue weighted by atomic mass is 32.2. The van der Waals surface area contributed by atoms with Crippen LogP contribution in [0, 0.1) is 6.92 Å². The van der Waals surface area contributed by atoms with Gasteiger partial charge in [0.2, 0.25) is 21.7 Å². The second-order valence-corrected chi connectivity index (χ2v) is 11.2. The first-order valence-electron chi connectivity index (χ1n) is 11.9. The van der Waals surface area contributed by atoms with E-state index in [4.69, 9.17) is 5.73 Å². The number of carbonyl (C=O) groups is 1. The van der Waals surface area contributed by atoms with Crippen LogP contribution in [0.4, 0.5) is 17.5 Å². The van der Waals surface area contributed by atoms with Crippen molar-refractivity contribution in [3.8, 4) is 0 Å². The second-order valence-electron chi connectivity index (χ2n) is 9.32. The summed E-state index contributed by atoms with van der Waals surface area (Å²) >= 11 is 0. The molecule has 0 atom stereocenters. The number of anilines is 3. The van der Waals surface area contributed by atoms with Gasteiger partial charge in [0.05, 0.1) is 17.6 Å². The van der Waals surface area contributed by atoms with Crippen molar-refractivity contribution in [2.75, 3.05) is 48.7 Å². The lowest BCUT2D eigenvalue weighted by Gasteiger charge is -2.34. The number of aryl methyl sites for hydroxylation is 1. The van der Waals surface area contributed by atoms with Crippen molar-refractivity contribution in [3.05, 3.63) is 65.9 Å². The molecule has 0 unspecified atom stereocenters. The third-order valence-corrected chi connectivity index (χ3v) is 8.06. The van der Waals surface area contributed by atoms with Gasteiger partial charge in [-0.1, -0.05) is 43.7 Å². The topological polar surface area (TPSA) is 122 Å². The van der Waals surface area contributed by atoms with Crippen molar-refractivity contribution in [3.63, 3.8) is 0 Å². The van der Waals surface area contributed by atoms with Crippen LogP contribution >= 0.6 is 0 Å². The molecule has 0 spiro atoms. The highest BCUT2D eigenvalue weighted by molar-refractivity contribution is 7.91. The highest BCUT2D eigenvalue weighted by Crippen LogP contribution is 2.27. The van der Waals surface area contributed by atoms with Gasteiger partial charge >= 0.3 is 0 Å². The number of hydrogen-bond acceptors (Lipinski definition) is 8. The van der Waals surface area contributed by atoms with Crippen LogP contribution in [0.3, 0.4) is 0 Å². The van der Waals surface area contributed by atoms with Gasteiger partial charge in [0.15, 0.2) is 0 Å². The Bertz CT molecular complexity index is 1320. The molecule has 0 saturated carbocycles. The van der Waals surface area contributed by atoms with E-state index in [0.29, 0.717) is 38.0 Å². The zero-order chi connectivity index (χ0) is 25.9. The minimum atomic E-state index is -3.83. The summed E-state index contributed by atoms with van der Waals surface area (Å²) < 4.78 is 26.2. The van der Waals surface area contributed by atoms with E-state index in [1.165, 1.54) is 6.20 Å². The van der Waals surface area contributed by atoms with Crippen molar-refractivity contribution in [2.45, 2.75) is 36.5 Å². The number of nitrogens with two attached hydrogens (primary N) is 1. The van der Waals surface area contributed by atoms with Gasteiger partial charge < -0.3 is 16.0 Å². The Kier molecular flexibility index (Phi) is 7.56. The fourth-order valence-corrected chi connectivity index (χ4v) is 5.30. The van der Waals surface area contributed by atoms with E-state index in [9.17, 15) is 13.2 Å². The third-order valence-electron chi connectivity index (χ3n) is 6.27. The molecule has 3 aromatic rings. The van der Waals surface area contributed by atoms with Crippen LogP contribution < -0.4 is 16.0 Å². The van der Waals surface area contributed by atoms with Gasteiger partial charge in [-0.15, -0.1) is 0 Å². The molecule has 4 rings (SSSR count). The molecule has 2 heterocycles. The monoisotopic (exact) mass is 508 g/mol. The molecule has 0 radical (unpaired) electrons. The van der Waals surface area contributed by atoms with Crippen molar-refractivity contribution in [1.29, 1.82) is 0 Å². The van der Waals surface area contributed by atoms with Crippen molar-refractivity contribution >= 4 is 33.2 Å². The summed E-state index contributed by atoms with van der Waals surface area (Å²) in [6.45, 7) is 8.87. The Balaban J connectivity index is 1.36. The van der Waals surface area contributed by atoms with Gasteiger partial charge in [-0.2, -0.15) is 4.98 Å². The van der Waals surface area contributed by atoms with E-state index in [-0.39, 0.29) is 28.1 Å². The minimum Gasteiger partial charge on any atom is -0.382 e. The molecule has 190 valence electrons. The van der Waals surface area contributed by atoms with Crippen LogP contribution in [0.5, 0.6) is 0 Å². The normalized spacial score (nSPS) is 14.7. The van der Waals surface area contributed by atoms with Crippen LogP contribution in [0.25, 0.3) is 0 Å². The summed E-state index contributed by atoms with van der Waals surface area (Å²) in [5.74, 6) is 0.541. The summed E-state index contributed by atoms with van der Waals surface area (Å²) in [5, 5.41) is 2.92. The molecule has 1 saturated heterocycles. The molecule has 1 fully saturated rings. The average molecular weight is 509 g/mol. The van der Waals surface area contributed by atoms with Crippen LogP contribution in [0.2, 0.25) is 0 Å². The van der Waals surface area contributed by atoms with Crippen LogP contribution in [-0.2, 0) is 14.6 Å². The lowest BCUT2D eigenvalue weighted by atomic mass is 10.0. The Hall–Kier alpha value is -3.50. The summed E-state index contributed by atoms with van der Waals surface area (Å²) in [6, 6.07) is 14.5. The number of amides is 1. The van der Waals surface area contributed by atoms with Gasteiger partial charge in [0, 0.05) is 31.9 Å². The first kappa shape index (κ1) is 25.6. The lowest BCUT2D eigenvalue weighted by molar-refractivity contribution is -0.117. The SMILES string of the molecule is Cc1ccc(NC(=O)CN2CCN(c3ncc(S(=O)(=O)c4ccc(C(C)C)cc4)c(N)n3)CC2)cc1. The molecule has 1 aliphatic rings. The number of nitrogens with one attached hydrogen (secondary N) is 1. The molecule has 1 amide bonds. The Morgan fingerprint density at radius 1 is 1.03 bits per heavy atom. The Morgan fingerprint density at radius 3 is 2.25 bits per heavy atom. The zero-order valence-electron chi connectivity index (χ0n) is 20.8. The van der Waals surface area contributed by atoms with Gasteiger partial charge in [-0.3, -0.25) is 9.69 Å². The van der Waals surface area contributed by atoms with E-state index < -0.39 is 9.84 Å². The number of piperazine rings is 1. The fourth-order valence-electron chi connectivity index (χ4n) is 4.04. The van der Waals surface area contributed by atoms with E-state index in [1.54, 1.807) is 12.1 Å². The predicted octanol–water partition coefficient (Wildman–Crippen LogP) is 3.08. The first-order chi connectivity index (χ1) is 17.1. The summed E-state index contributed by atoms with van der Waals surface area (Å²) in [5.41, 5.74) is 9.05. The van der Waals surface area contributed by atoms with Crippen LogP contribution in [-0.4, -0.2) is 61.9 Å². The number of nitrogens with zero attached hydrogens (tertiary/aromatic N) is 4. The molecular formula is C26H32N6O3S. The fraction of sp³-hybridized carbons (Fsp3) is 0.346. The third kappa shape index (κ3) is 5.83. The van der Waals surface area contributed by atoms with Gasteiger partial charge in [0.25, 0.3) is 0 Å². The summed E-state index contributed by atoms with van der Waals surface area (Å²) in [7, 11) is -3.83. The molecule has 2 aromatic carbocycles. The lowest BCUT2D eigenvalue weighted by Crippen LogP contribution is -2.49. The number of nitrogen functional groups attached to an aromatic ring is 1. The highest BCUT2D eigenvalue weighted by Gasteiger charge is 2.25. The number of rotatable bonds is 7. The zero-order valence-corrected chi connectivity index (χ0v) is 21.6. The van der Waals surface area contributed by atoms with E-state index in [2.05, 4.69) is 20.2 Å². The molecule has 9 nitrogen and oxygen atoms in total. The van der Waals surface area contributed by atoms with E-state index in [1.807, 2.05) is 62.1 Å². The summed E-state index contributed by atoms with van der Waals surface area (Å²) in [6.07, 6.45) is 1.28. The second kappa shape index (κ2) is 10.6. The Morgan fingerprint density at radius 2 is 1.67 bits per heavy atom. The number of sulfone groups is 1. The maximum Gasteiger partial charge on any atom is 0.238 e. The van der Waals surface area contributed by atoms with Crippen molar-refractivity contribution in [2.24, 2.45) is 0 Å². The van der Waals surface area contributed by atoms with Crippen LogP contribution in [0.15, 0.2) is 64.5 Å². The molecule has 1 aliphatic heterocycles. The van der Waals surface area contributed by atoms with Crippen molar-refractivity contribution in [1.82, 2.24) is 14.9 Å². The minimum absolute atomic E-state index is 0.0659. The van der Waals surface area contributed by atoms with E-state index in [0.717, 1.165) is 16.8 Å². The van der Waals surface area contributed by atoms with Gasteiger partial charge in [-0.05, 0) is 42.7 Å². The molecule has 36 heavy (non-hydrogen) atoms. The quantitative estimate of drug-likeness (QED) is 0.499. The standard InChI is InChI=1S/C26H32N6O3S/c1-18(2)20-6-10-22(11-7-20)36(34,35)23-16-28-26(30-25(23)27)32-14-12-31(13-15-32)17-24(33)29-21-8-4-19(3)5-9-21/h4-11,16,18H,12-15,17H2,1-3H3,(H,29,33)(H2,27,28,30). The predicted molar refractivity (Wildman–Crippen MR) is 141 cm³/mol. The molecule has 0 aliphatic carbocycles. The molecule has 0 bridgehead atoms. The molecular weight excluding hydrogens is 476 g/mol. The number of carbonyl (C=O) groups excluding carboxylic acids is 1. The maximum absolute atomic E-state index is 13.1. The largest absolute Gasteiger partial charge is 0.382 e. The maximum atomic E-state index is 13.1. The van der Waals surface area contributed by atoms with Crippen LogP contribution in [0.1, 0.15) is 30.9 Å². The molecule has 3 N–H and O–H groups in total. The smallest absolute Gasteiger partial charge is 0.238 e. The van der Waals surface area contributed by atoms with Gasteiger partial charge in [-0.25, -0.2) is 13.4 Å². The first-order valence-corrected chi connectivity index (χ1v) is 13.4. The number of hydrogen-bond donors (Lipinski definition) is 2. The Labute approximate surface area is 212 Å². The van der Waals surface area contributed by atoms with Gasteiger partial charge in [0.1, 0.15) is 10.7 Å². The van der Waals surface area contributed by atoms with Crippen molar-refractivity contribution < 1.29 is 13.2 Å². The summed E-state index contributed by atoms with van der Waals surface area (Å²) in [4.78, 5) is 25.1. The number of aromatic nitrogens is 2.